The Morgan fingerprint density at radius 2 is 2.08 bits per heavy atom. The van der Waals surface area contributed by atoms with Crippen molar-refractivity contribution in [1.82, 2.24) is 34.3 Å². The highest BCUT2D eigenvalue weighted by molar-refractivity contribution is 5.87. The van der Waals surface area contributed by atoms with Crippen molar-refractivity contribution in [3.63, 3.8) is 0 Å². The van der Waals surface area contributed by atoms with E-state index in [1.807, 2.05) is 53.8 Å². The van der Waals surface area contributed by atoms with E-state index in [0.717, 1.165) is 35.5 Å². The largest absolute Gasteiger partial charge is 0.469 e. The molecule has 10 heteroatoms. The van der Waals surface area contributed by atoms with Crippen molar-refractivity contribution in [3.05, 3.63) is 72.5 Å². The number of fused-ring (bicyclic) bond motifs is 1. The molecule has 0 aliphatic carbocycles. The highest BCUT2D eigenvalue weighted by Gasteiger charge is 2.26. The lowest BCUT2D eigenvalue weighted by Gasteiger charge is -2.31. The van der Waals surface area contributed by atoms with Gasteiger partial charge in [0.15, 0.2) is 0 Å². The van der Waals surface area contributed by atoms with E-state index in [-0.39, 0.29) is 18.1 Å². The lowest BCUT2D eigenvalue weighted by molar-refractivity contribution is -0.127. The van der Waals surface area contributed by atoms with Crippen LogP contribution in [-0.4, -0.2) is 53.3 Å². The predicted octanol–water partition coefficient (Wildman–Crippen LogP) is 3.66. The maximum atomic E-state index is 11.9. The summed E-state index contributed by atoms with van der Waals surface area (Å²) in [6.07, 6.45) is 5.85. The number of imidazole rings is 1. The molecule has 1 aliphatic heterocycles. The molecule has 0 unspecified atom stereocenters. The number of pyridine rings is 2. The number of hydrogen-bond donors (Lipinski definition) is 0. The first-order valence-electron chi connectivity index (χ1n) is 11.8. The topological polar surface area (TPSA) is 114 Å². The van der Waals surface area contributed by atoms with Crippen molar-refractivity contribution in [2.24, 2.45) is 0 Å². The van der Waals surface area contributed by atoms with Crippen LogP contribution in [0, 0.1) is 18.3 Å². The summed E-state index contributed by atoms with van der Waals surface area (Å²) in [6.45, 7) is 8.79. The first-order chi connectivity index (χ1) is 17.5. The molecule has 0 spiro atoms. The zero-order valence-corrected chi connectivity index (χ0v) is 20.2. The molecule has 1 aliphatic rings. The Morgan fingerprint density at radius 1 is 1.28 bits per heavy atom. The zero-order chi connectivity index (χ0) is 25.2. The molecule has 10 nitrogen and oxygen atoms in total. The quantitative estimate of drug-likeness (QED) is 0.385. The second-order valence-corrected chi connectivity index (χ2v) is 8.77. The average molecular weight is 483 g/mol. The van der Waals surface area contributed by atoms with Crippen LogP contribution in [0.3, 0.4) is 0 Å². The first-order valence-corrected chi connectivity index (χ1v) is 11.8. The third-order valence-corrected chi connectivity index (χ3v) is 6.59. The summed E-state index contributed by atoms with van der Waals surface area (Å²) >= 11 is 0. The third-order valence-electron chi connectivity index (χ3n) is 6.59. The van der Waals surface area contributed by atoms with Crippen molar-refractivity contribution in [2.45, 2.75) is 38.8 Å². The summed E-state index contributed by atoms with van der Waals surface area (Å²) in [5, 5.41) is 18.6. The molecular weight excluding hydrogens is 456 g/mol. The van der Waals surface area contributed by atoms with Crippen molar-refractivity contribution in [2.75, 3.05) is 13.1 Å². The van der Waals surface area contributed by atoms with E-state index in [1.54, 1.807) is 10.6 Å². The smallest absolute Gasteiger partial charge is 0.245 e. The number of nitriles is 1. The van der Waals surface area contributed by atoms with Gasteiger partial charge in [0, 0.05) is 30.9 Å². The zero-order valence-electron chi connectivity index (χ0n) is 20.2. The van der Waals surface area contributed by atoms with Gasteiger partial charge in [-0.05, 0) is 51.0 Å². The van der Waals surface area contributed by atoms with Crippen molar-refractivity contribution in [1.29, 1.82) is 5.26 Å². The molecule has 36 heavy (non-hydrogen) atoms. The monoisotopic (exact) mass is 482 g/mol. The van der Waals surface area contributed by atoms with E-state index in [4.69, 9.17) is 4.74 Å². The number of piperidine rings is 1. The number of amides is 1. The normalized spacial score (nSPS) is 15.0. The van der Waals surface area contributed by atoms with Crippen molar-refractivity contribution in [3.8, 4) is 23.2 Å². The maximum Gasteiger partial charge on any atom is 0.245 e. The number of likely N-dealkylation sites (tertiary alicyclic amines) is 1. The van der Waals surface area contributed by atoms with Crippen LogP contribution in [0.1, 0.15) is 49.0 Å². The standard InChI is InChI=1S/C26H26N8O2/c1-4-24(35)32-11-8-20(9-12-32)34-17(2)26(30-31-34)19-13-23-29-16-21(15-27)33(23)25(14-19)36-18(3)22-7-5-6-10-28-22/h4-7,10,13-14,16,18,20H,1,8-9,11-12H2,2-3H3/t18-/m1/s1. The Morgan fingerprint density at radius 3 is 2.78 bits per heavy atom. The Bertz CT molecular complexity index is 1460. The van der Waals surface area contributed by atoms with E-state index >= 15 is 0 Å². The van der Waals surface area contributed by atoms with Gasteiger partial charge < -0.3 is 9.64 Å². The minimum Gasteiger partial charge on any atom is -0.469 e. The van der Waals surface area contributed by atoms with E-state index < -0.39 is 0 Å². The van der Waals surface area contributed by atoms with Crippen LogP contribution >= 0.6 is 0 Å². The Kier molecular flexibility index (Phi) is 6.21. The van der Waals surface area contributed by atoms with Gasteiger partial charge >= 0.3 is 0 Å². The minimum atomic E-state index is -0.348. The summed E-state index contributed by atoms with van der Waals surface area (Å²) in [5.74, 6) is 0.432. The molecule has 4 aromatic heterocycles. The fraction of sp³-hybridized carbons (Fsp3) is 0.308. The summed E-state index contributed by atoms with van der Waals surface area (Å²) in [4.78, 5) is 22.5. The molecule has 1 saturated heterocycles. The van der Waals surface area contributed by atoms with Crippen LogP contribution in [0.5, 0.6) is 5.88 Å². The van der Waals surface area contributed by atoms with Gasteiger partial charge in [-0.2, -0.15) is 5.26 Å². The van der Waals surface area contributed by atoms with Crippen LogP contribution in [0.15, 0.2) is 55.4 Å². The molecule has 0 radical (unpaired) electrons. The number of ether oxygens (including phenoxy) is 1. The second-order valence-electron chi connectivity index (χ2n) is 8.77. The minimum absolute atomic E-state index is 0.0401. The number of rotatable bonds is 6. The average Bonchev–Trinajstić information content (AvgIpc) is 3.52. The van der Waals surface area contributed by atoms with E-state index in [1.165, 1.54) is 12.3 Å². The lowest BCUT2D eigenvalue weighted by Crippen LogP contribution is -2.38. The Balaban J connectivity index is 1.48. The fourth-order valence-corrected chi connectivity index (χ4v) is 4.65. The number of carbonyl (C=O) groups is 1. The van der Waals surface area contributed by atoms with E-state index in [2.05, 4.69) is 32.9 Å². The van der Waals surface area contributed by atoms with E-state index in [9.17, 15) is 10.1 Å². The van der Waals surface area contributed by atoms with Crippen LogP contribution in [0.4, 0.5) is 0 Å². The maximum absolute atomic E-state index is 11.9. The number of carbonyl (C=O) groups excluding carboxylic acids is 1. The van der Waals surface area contributed by atoms with Crippen LogP contribution in [0.2, 0.25) is 0 Å². The summed E-state index contributed by atoms with van der Waals surface area (Å²) in [6, 6.07) is 11.7. The Labute approximate surface area is 208 Å². The summed E-state index contributed by atoms with van der Waals surface area (Å²) in [5.41, 5.74) is 4.17. The second kappa shape index (κ2) is 9.62. The molecule has 1 fully saturated rings. The molecule has 0 aromatic carbocycles. The van der Waals surface area contributed by atoms with Gasteiger partial charge in [-0.1, -0.05) is 17.9 Å². The van der Waals surface area contributed by atoms with Crippen molar-refractivity contribution < 1.29 is 9.53 Å². The van der Waals surface area contributed by atoms with Gasteiger partial charge in [0.05, 0.1) is 23.6 Å². The van der Waals surface area contributed by atoms with Gasteiger partial charge in [0.1, 0.15) is 29.2 Å². The number of nitrogens with zero attached hydrogens (tertiary/aromatic N) is 8. The fourth-order valence-electron chi connectivity index (χ4n) is 4.65. The molecular formula is C26H26N8O2. The van der Waals surface area contributed by atoms with Gasteiger partial charge in [-0.25, -0.2) is 9.67 Å². The SMILES string of the molecule is C=CC(=O)N1CCC(n2nnc(-c3cc(O[C@H](C)c4ccccn4)n4c(C#N)cnc4c3)c2C)CC1. The molecule has 1 atom stereocenters. The molecule has 182 valence electrons. The summed E-state index contributed by atoms with van der Waals surface area (Å²) < 4.78 is 9.93. The van der Waals surface area contributed by atoms with Crippen LogP contribution < -0.4 is 4.74 Å². The van der Waals surface area contributed by atoms with Crippen LogP contribution in [-0.2, 0) is 4.79 Å². The molecule has 5 heterocycles. The Hall–Kier alpha value is -4.52. The first kappa shape index (κ1) is 23.2. The van der Waals surface area contributed by atoms with Gasteiger partial charge in [-0.15, -0.1) is 5.10 Å². The third kappa shape index (κ3) is 4.20. The summed E-state index contributed by atoms with van der Waals surface area (Å²) in [7, 11) is 0. The predicted molar refractivity (Wildman–Crippen MR) is 132 cm³/mol. The highest BCUT2D eigenvalue weighted by atomic mass is 16.5. The molecule has 1 amide bonds. The lowest BCUT2D eigenvalue weighted by atomic mass is 10.0. The van der Waals surface area contributed by atoms with Crippen LogP contribution in [0.25, 0.3) is 16.9 Å². The number of aromatic nitrogens is 6. The molecule has 0 saturated carbocycles. The van der Waals surface area contributed by atoms with Crippen molar-refractivity contribution >= 4 is 11.6 Å². The van der Waals surface area contributed by atoms with Gasteiger partial charge in [0.2, 0.25) is 11.8 Å². The van der Waals surface area contributed by atoms with E-state index in [0.29, 0.717) is 30.3 Å². The van der Waals surface area contributed by atoms with Gasteiger partial charge in [-0.3, -0.25) is 14.2 Å². The number of hydrogen-bond acceptors (Lipinski definition) is 7. The molecule has 0 N–H and O–H groups in total. The molecule has 4 aromatic rings. The highest BCUT2D eigenvalue weighted by Crippen LogP contribution is 2.32. The molecule has 5 rings (SSSR count). The molecule has 0 bridgehead atoms. The van der Waals surface area contributed by atoms with Gasteiger partial charge in [0.25, 0.3) is 0 Å².